The van der Waals surface area contributed by atoms with Gasteiger partial charge in [-0.15, -0.1) is 5.10 Å². The summed E-state index contributed by atoms with van der Waals surface area (Å²) >= 11 is 0. The Morgan fingerprint density at radius 2 is 2.00 bits per heavy atom. The lowest BCUT2D eigenvalue weighted by Crippen LogP contribution is -2.26. The van der Waals surface area contributed by atoms with Crippen LogP contribution in [0.1, 0.15) is 63.1 Å². The predicted octanol–water partition coefficient (Wildman–Crippen LogP) is 4.57. The number of nitrogens with zero attached hydrogens (tertiary/aromatic N) is 4. The smallest absolute Gasteiger partial charge is 0.336 e. The molecule has 32 heavy (non-hydrogen) atoms. The lowest BCUT2D eigenvalue weighted by molar-refractivity contribution is 0.118. The molecule has 1 unspecified atom stereocenters. The summed E-state index contributed by atoms with van der Waals surface area (Å²) in [5.41, 5.74) is 7.73. The topological polar surface area (TPSA) is 87.6 Å². The Labute approximate surface area is 187 Å². The highest BCUT2D eigenvalue weighted by Gasteiger charge is 2.35. The number of benzene rings is 1. The van der Waals surface area contributed by atoms with E-state index in [9.17, 15) is 4.39 Å². The van der Waals surface area contributed by atoms with E-state index in [1.54, 1.807) is 16.8 Å². The number of nitrogen functional groups attached to an aromatic ring is 1. The molecule has 3 atom stereocenters. The van der Waals surface area contributed by atoms with Gasteiger partial charge in [-0.25, -0.2) is 13.9 Å². The van der Waals surface area contributed by atoms with E-state index in [-0.39, 0.29) is 23.7 Å². The number of fused-ring (bicyclic) bond motifs is 3. The van der Waals surface area contributed by atoms with Gasteiger partial charge >= 0.3 is 6.01 Å². The zero-order valence-corrected chi connectivity index (χ0v) is 18.5. The minimum Gasteiger partial charge on any atom is -0.490 e. The molecule has 170 valence electrons. The number of unbranched alkanes of at least 4 members (excludes halogenated alkanes) is 1. The molecule has 0 amide bonds. The Balaban J connectivity index is 1.31. The maximum atomic E-state index is 14.9. The molecule has 0 spiro atoms. The molecule has 2 aromatic heterocycles. The Hall–Kier alpha value is -2.90. The van der Waals surface area contributed by atoms with Gasteiger partial charge in [0.25, 0.3) is 0 Å². The van der Waals surface area contributed by atoms with E-state index >= 15 is 0 Å². The first-order valence-electron chi connectivity index (χ1n) is 11.7. The maximum Gasteiger partial charge on any atom is 0.336 e. The summed E-state index contributed by atoms with van der Waals surface area (Å²) in [6.45, 7) is 2.60. The van der Waals surface area contributed by atoms with Crippen molar-refractivity contribution in [2.45, 2.75) is 64.4 Å². The van der Waals surface area contributed by atoms with E-state index in [0.717, 1.165) is 37.5 Å². The number of aromatic nitrogens is 4. The predicted molar refractivity (Wildman–Crippen MR) is 119 cm³/mol. The quantitative estimate of drug-likeness (QED) is 0.517. The van der Waals surface area contributed by atoms with Crippen LogP contribution in [0.3, 0.4) is 0 Å². The van der Waals surface area contributed by atoms with Gasteiger partial charge in [0, 0.05) is 12.5 Å². The van der Waals surface area contributed by atoms with Crippen molar-refractivity contribution >= 4 is 11.5 Å². The van der Waals surface area contributed by atoms with Gasteiger partial charge in [-0.05, 0) is 49.1 Å². The van der Waals surface area contributed by atoms with E-state index in [1.807, 2.05) is 6.07 Å². The monoisotopic (exact) mass is 439 g/mol. The second-order valence-electron chi connectivity index (χ2n) is 9.15. The summed E-state index contributed by atoms with van der Waals surface area (Å²) in [4.78, 5) is 8.47. The van der Waals surface area contributed by atoms with Crippen LogP contribution in [0, 0.1) is 17.7 Å². The van der Waals surface area contributed by atoms with Gasteiger partial charge in [-0.2, -0.15) is 4.98 Å². The SMILES string of the molecule is CCCCOc1nc(N)c2ncc(Cc3ccc(OC4C[C@H]5CC[C@@H](C4)C5)cc3F)n2n1. The molecule has 7 nitrogen and oxygen atoms in total. The van der Waals surface area contributed by atoms with Crippen LogP contribution >= 0.6 is 0 Å². The maximum absolute atomic E-state index is 14.9. The number of halogens is 1. The fourth-order valence-electron chi connectivity index (χ4n) is 5.09. The third-order valence-electron chi connectivity index (χ3n) is 6.71. The zero-order chi connectivity index (χ0) is 22.1. The van der Waals surface area contributed by atoms with Gasteiger partial charge in [0.15, 0.2) is 11.5 Å². The van der Waals surface area contributed by atoms with Gasteiger partial charge in [0.2, 0.25) is 0 Å². The molecule has 1 aromatic carbocycles. The largest absolute Gasteiger partial charge is 0.490 e. The van der Waals surface area contributed by atoms with Crippen LogP contribution in [0.15, 0.2) is 24.4 Å². The van der Waals surface area contributed by atoms with Gasteiger partial charge < -0.3 is 15.2 Å². The van der Waals surface area contributed by atoms with Crippen LogP contribution in [0.5, 0.6) is 11.8 Å². The lowest BCUT2D eigenvalue weighted by atomic mass is 9.87. The van der Waals surface area contributed by atoms with E-state index in [0.29, 0.717) is 35.7 Å². The van der Waals surface area contributed by atoms with Crippen LogP contribution in [-0.4, -0.2) is 32.3 Å². The molecule has 0 radical (unpaired) electrons. The Bertz CT molecular complexity index is 1090. The standard InChI is InChI=1S/C24H30FN5O2/c1-2-3-8-31-24-28-22(26)23-27-14-18(30(23)29-24)12-17-6-7-19(13-21(17)25)32-20-10-15-4-5-16(9-15)11-20/h6-7,13-16,20H,2-5,8-12H2,1H3,(H2,26,28,29)/t15-,16+,20?. The van der Waals surface area contributed by atoms with Crippen LogP contribution in [-0.2, 0) is 6.42 Å². The summed E-state index contributed by atoms with van der Waals surface area (Å²) in [7, 11) is 0. The number of imidazole rings is 1. The van der Waals surface area contributed by atoms with Crippen molar-refractivity contribution in [3.8, 4) is 11.8 Å². The van der Waals surface area contributed by atoms with Gasteiger partial charge in [0.05, 0.1) is 24.6 Å². The minimum absolute atomic E-state index is 0.202. The molecule has 5 rings (SSSR count). The highest BCUT2D eigenvalue weighted by atomic mass is 19.1. The van der Waals surface area contributed by atoms with Crippen molar-refractivity contribution in [1.82, 2.24) is 19.6 Å². The van der Waals surface area contributed by atoms with Crippen molar-refractivity contribution in [3.05, 3.63) is 41.5 Å². The van der Waals surface area contributed by atoms with E-state index in [2.05, 4.69) is 22.0 Å². The molecule has 2 N–H and O–H groups in total. The van der Waals surface area contributed by atoms with Crippen LogP contribution in [0.25, 0.3) is 5.65 Å². The third-order valence-corrected chi connectivity index (χ3v) is 6.71. The van der Waals surface area contributed by atoms with Crippen molar-refractivity contribution in [1.29, 1.82) is 0 Å². The molecule has 2 aliphatic rings. The summed E-state index contributed by atoms with van der Waals surface area (Å²) in [6.07, 6.45) is 10.2. The van der Waals surface area contributed by atoms with Crippen LogP contribution in [0.2, 0.25) is 0 Å². The van der Waals surface area contributed by atoms with Gasteiger partial charge in [0.1, 0.15) is 11.6 Å². The second kappa shape index (κ2) is 8.92. The Morgan fingerprint density at radius 3 is 2.75 bits per heavy atom. The normalized spacial score (nSPS) is 22.4. The first-order chi connectivity index (χ1) is 15.6. The minimum atomic E-state index is -0.294. The molecule has 3 aromatic rings. The van der Waals surface area contributed by atoms with Crippen LogP contribution < -0.4 is 15.2 Å². The molecule has 2 saturated carbocycles. The number of rotatable bonds is 8. The molecular formula is C24H30FN5O2. The van der Waals surface area contributed by atoms with E-state index < -0.39 is 0 Å². The highest BCUT2D eigenvalue weighted by Crippen LogP contribution is 2.43. The summed E-state index contributed by atoms with van der Waals surface area (Å²) in [5, 5.41) is 4.40. The lowest BCUT2D eigenvalue weighted by Gasteiger charge is -2.28. The fraction of sp³-hybridized carbons (Fsp3) is 0.542. The second-order valence-corrected chi connectivity index (χ2v) is 9.15. The van der Waals surface area contributed by atoms with Gasteiger partial charge in [-0.3, -0.25) is 0 Å². The molecule has 0 saturated heterocycles. The summed E-state index contributed by atoms with van der Waals surface area (Å²) in [5.74, 6) is 2.11. The zero-order valence-electron chi connectivity index (χ0n) is 18.5. The number of nitrogens with two attached hydrogens (primary N) is 1. The average Bonchev–Trinajstić information content (AvgIpc) is 3.33. The first kappa shape index (κ1) is 21.0. The van der Waals surface area contributed by atoms with Crippen molar-refractivity contribution < 1.29 is 13.9 Å². The van der Waals surface area contributed by atoms with E-state index in [4.69, 9.17) is 15.2 Å². The molecule has 2 fully saturated rings. The van der Waals surface area contributed by atoms with Crippen molar-refractivity contribution in [2.75, 3.05) is 12.3 Å². The Kier molecular flexibility index (Phi) is 5.85. The van der Waals surface area contributed by atoms with Gasteiger partial charge in [-0.1, -0.05) is 32.3 Å². The van der Waals surface area contributed by atoms with Crippen LogP contribution in [0.4, 0.5) is 10.2 Å². The summed E-state index contributed by atoms with van der Waals surface area (Å²) in [6, 6.07) is 5.34. The molecule has 2 bridgehead atoms. The number of hydrogen-bond donors (Lipinski definition) is 1. The van der Waals surface area contributed by atoms with Crippen molar-refractivity contribution in [2.24, 2.45) is 11.8 Å². The number of ether oxygens (including phenoxy) is 2. The van der Waals surface area contributed by atoms with E-state index in [1.165, 1.54) is 25.3 Å². The molecular weight excluding hydrogens is 409 g/mol. The highest BCUT2D eigenvalue weighted by molar-refractivity contribution is 5.59. The molecule has 2 aliphatic carbocycles. The number of anilines is 1. The Morgan fingerprint density at radius 1 is 1.19 bits per heavy atom. The first-order valence-corrected chi connectivity index (χ1v) is 11.7. The number of hydrogen-bond acceptors (Lipinski definition) is 6. The average molecular weight is 440 g/mol. The molecule has 2 heterocycles. The molecule has 8 heteroatoms. The van der Waals surface area contributed by atoms with Crippen molar-refractivity contribution in [3.63, 3.8) is 0 Å². The molecule has 0 aliphatic heterocycles. The third kappa shape index (κ3) is 4.36. The summed E-state index contributed by atoms with van der Waals surface area (Å²) < 4.78 is 28.3. The fourth-order valence-corrected chi connectivity index (χ4v) is 5.09.